The maximum Gasteiger partial charge on any atom is 0.417 e. The van der Waals surface area contributed by atoms with E-state index in [1.165, 1.54) is 13.0 Å². The second-order valence-electron chi connectivity index (χ2n) is 7.10. The largest absolute Gasteiger partial charge is 0.452 e. The standard InChI is InChI=1S/C19H24F3N3O6S/c1-3-23-18(28)24-16(26)12(2)31-17(27)13-8-10-25(11-9-13)32(29,30)15-7-5-4-6-14(15)19(20,21)22/h4-7,12-13H,3,8-11H2,1-2H3,(H2,23,24,26,28)/t12-/m0/s1. The Labute approximate surface area is 183 Å². The van der Waals surface area contributed by atoms with Crippen molar-refractivity contribution < 1.29 is 40.7 Å². The van der Waals surface area contributed by atoms with Gasteiger partial charge >= 0.3 is 18.2 Å². The lowest BCUT2D eigenvalue weighted by Crippen LogP contribution is -2.46. The fourth-order valence-electron chi connectivity index (χ4n) is 3.14. The van der Waals surface area contributed by atoms with Gasteiger partial charge in [-0.05, 0) is 38.8 Å². The zero-order valence-electron chi connectivity index (χ0n) is 17.4. The van der Waals surface area contributed by atoms with Gasteiger partial charge in [0.15, 0.2) is 6.10 Å². The lowest BCUT2D eigenvalue weighted by atomic mass is 9.98. The first-order valence-corrected chi connectivity index (χ1v) is 11.3. The Hall–Kier alpha value is -2.67. The molecule has 0 unspecified atom stereocenters. The molecule has 1 fully saturated rings. The van der Waals surface area contributed by atoms with Crippen LogP contribution in [0.2, 0.25) is 0 Å². The number of rotatable bonds is 6. The molecular formula is C19H24F3N3O6S. The second-order valence-corrected chi connectivity index (χ2v) is 9.01. The highest BCUT2D eigenvalue weighted by Crippen LogP contribution is 2.36. The summed E-state index contributed by atoms with van der Waals surface area (Å²) in [5, 5.41) is 4.36. The van der Waals surface area contributed by atoms with Gasteiger partial charge in [0.05, 0.1) is 16.4 Å². The van der Waals surface area contributed by atoms with E-state index in [-0.39, 0.29) is 25.9 Å². The van der Waals surface area contributed by atoms with Crippen LogP contribution in [0.4, 0.5) is 18.0 Å². The molecular weight excluding hydrogens is 455 g/mol. The summed E-state index contributed by atoms with van der Waals surface area (Å²) in [6.45, 7) is 2.85. The van der Waals surface area contributed by atoms with E-state index < -0.39 is 56.6 Å². The van der Waals surface area contributed by atoms with Gasteiger partial charge in [0.2, 0.25) is 10.0 Å². The minimum Gasteiger partial charge on any atom is -0.452 e. The highest BCUT2D eigenvalue weighted by molar-refractivity contribution is 7.89. The molecule has 2 rings (SSSR count). The number of piperidine rings is 1. The number of hydrogen-bond donors (Lipinski definition) is 2. The molecule has 0 aliphatic carbocycles. The topological polar surface area (TPSA) is 122 Å². The third-order valence-electron chi connectivity index (χ3n) is 4.83. The molecule has 1 atom stereocenters. The van der Waals surface area contributed by atoms with Crippen LogP contribution < -0.4 is 10.6 Å². The van der Waals surface area contributed by atoms with Gasteiger partial charge in [0.25, 0.3) is 5.91 Å². The smallest absolute Gasteiger partial charge is 0.417 e. The first kappa shape index (κ1) is 25.6. The zero-order chi connectivity index (χ0) is 24.1. The van der Waals surface area contributed by atoms with Crippen molar-refractivity contribution in [2.75, 3.05) is 19.6 Å². The van der Waals surface area contributed by atoms with Gasteiger partial charge in [-0.1, -0.05) is 12.1 Å². The van der Waals surface area contributed by atoms with Gasteiger partial charge in [-0.15, -0.1) is 0 Å². The Morgan fingerprint density at radius 3 is 2.34 bits per heavy atom. The van der Waals surface area contributed by atoms with Crippen molar-refractivity contribution in [3.63, 3.8) is 0 Å². The van der Waals surface area contributed by atoms with Gasteiger partial charge in [-0.25, -0.2) is 13.2 Å². The van der Waals surface area contributed by atoms with Crippen LogP contribution in [0.1, 0.15) is 32.3 Å². The summed E-state index contributed by atoms with van der Waals surface area (Å²) in [4.78, 5) is 34.7. The average molecular weight is 479 g/mol. The van der Waals surface area contributed by atoms with E-state index in [2.05, 4.69) is 5.32 Å². The van der Waals surface area contributed by atoms with Gasteiger partial charge in [0.1, 0.15) is 0 Å². The number of hydrogen-bond acceptors (Lipinski definition) is 6. The molecule has 0 radical (unpaired) electrons. The number of urea groups is 1. The van der Waals surface area contributed by atoms with E-state index in [1.54, 1.807) is 6.92 Å². The summed E-state index contributed by atoms with van der Waals surface area (Å²) in [7, 11) is -4.43. The summed E-state index contributed by atoms with van der Waals surface area (Å²) >= 11 is 0. The SMILES string of the molecule is CCNC(=O)NC(=O)[C@H](C)OC(=O)C1CCN(S(=O)(=O)c2ccccc2C(F)(F)F)CC1. The van der Waals surface area contributed by atoms with E-state index in [4.69, 9.17) is 4.74 Å². The lowest BCUT2D eigenvalue weighted by Gasteiger charge is -2.31. The van der Waals surface area contributed by atoms with Crippen molar-refractivity contribution >= 4 is 27.9 Å². The number of carbonyl (C=O) groups is 3. The molecule has 1 aromatic carbocycles. The molecule has 3 amide bonds. The first-order valence-electron chi connectivity index (χ1n) is 9.83. The van der Waals surface area contributed by atoms with Gasteiger partial charge in [-0.2, -0.15) is 17.5 Å². The molecule has 1 heterocycles. The van der Waals surface area contributed by atoms with Crippen molar-refractivity contribution in [1.82, 2.24) is 14.9 Å². The van der Waals surface area contributed by atoms with Crippen LogP contribution >= 0.6 is 0 Å². The molecule has 0 spiro atoms. The van der Waals surface area contributed by atoms with Crippen LogP contribution in [0.25, 0.3) is 0 Å². The molecule has 2 N–H and O–H groups in total. The number of halogens is 3. The number of sulfonamides is 1. The minimum atomic E-state index is -4.84. The van der Waals surface area contributed by atoms with Crippen molar-refractivity contribution in [3.05, 3.63) is 29.8 Å². The highest BCUT2D eigenvalue weighted by atomic mass is 32.2. The average Bonchev–Trinajstić information content (AvgIpc) is 2.73. The number of nitrogens with zero attached hydrogens (tertiary/aromatic N) is 1. The highest BCUT2D eigenvalue weighted by Gasteiger charge is 2.40. The van der Waals surface area contributed by atoms with Gasteiger partial charge in [0, 0.05) is 19.6 Å². The lowest BCUT2D eigenvalue weighted by molar-refractivity contribution is -0.159. The summed E-state index contributed by atoms with van der Waals surface area (Å²) in [5.41, 5.74) is -1.26. The molecule has 1 aliphatic heterocycles. The molecule has 1 aromatic rings. The van der Waals surface area contributed by atoms with Crippen LogP contribution in [0.5, 0.6) is 0 Å². The molecule has 1 aliphatic rings. The maximum atomic E-state index is 13.2. The minimum absolute atomic E-state index is 0.0108. The number of alkyl halides is 3. The van der Waals surface area contributed by atoms with Crippen molar-refractivity contribution in [2.24, 2.45) is 5.92 Å². The van der Waals surface area contributed by atoms with Crippen LogP contribution in [0, 0.1) is 5.92 Å². The summed E-state index contributed by atoms with van der Waals surface area (Å²) < 4.78 is 71.2. The first-order chi connectivity index (χ1) is 14.9. The quantitative estimate of drug-likeness (QED) is 0.601. The molecule has 0 aromatic heterocycles. The normalized spacial score (nSPS) is 16.8. The Balaban J connectivity index is 1.99. The summed E-state index contributed by atoms with van der Waals surface area (Å²) in [6, 6.07) is 3.17. The third-order valence-corrected chi connectivity index (χ3v) is 6.79. The van der Waals surface area contributed by atoms with E-state index in [9.17, 15) is 36.0 Å². The van der Waals surface area contributed by atoms with Crippen LogP contribution in [-0.2, 0) is 30.5 Å². The van der Waals surface area contributed by atoms with E-state index >= 15 is 0 Å². The van der Waals surface area contributed by atoms with Crippen molar-refractivity contribution in [2.45, 2.75) is 43.9 Å². The predicted octanol–water partition coefficient (Wildman–Crippen LogP) is 1.88. The Morgan fingerprint density at radius 1 is 1.19 bits per heavy atom. The van der Waals surface area contributed by atoms with Crippen LogP contribution in [0.15, 0.2) is 29.2 Å². The van der Waals surface area contributed by atoms with E-state index in [1.807, 2.05) is 5.32 Å². The number of carbonyl (C=O) groups excluding carboxylic acids is 3. The third kappa shape index (κ3) is 6.19. The zero-order valence-corrected chi connectivity index (χ0v) is 18.3. The second kappa shape index (κ2) is 10.3. The van der Waals surface area contributed by atoms with E-state index in [0.717, 1.165) is 16.4 Å². The number of nitrogens with one attached hydrogen (secondary N) is 2. The number of amides is 3. The van der Waals surface area contributed by atoms with Gasteiger partial charge in [-0.3, -0.25) is 14.9 Å². The van der Waals surface area contributed by atoms with Gasteiger partial charge < -0.3 is 10.1 Å². The number of benzene rings is 1. The Bertz CT molecular complexity index is 959. The van der Waals surface area contributed by atoms with Crippen LogP contribution in [0.3, 0.4) is 0 Å². The molecule has 9 nitrogen and oxygen atoms in total. The maximum absolute atomic E-state index is 13.2. The Morgan fingerprint density at radius 2 is 1.78 bits per heavy atom. The van der Waals surface area contributed by atoms with Crippen LogP contribution in [-0.4, -0.2) is 56.4 Å². The fourth-order valence-corrected chi connectivity index (χ4v) is 4.82. The molecule has 13 heteroatoms. The molecule has 1 saturated heterocycles. The van der Waals surface area contributed by atoms with Crippen molar-refractivity contribution in [3.8, 4) is 0 Å². The monoisotopic (exact) mass is 479 g/mol. The molecule has 0 bridgehead atoms. The molecule has 0 saturated carbocycles. The Kier molecular flexibility index (Phi) is 8.24. The molecule has 178 valence electrons. The number of imide groups is 1. The summed E-state index contributed by atoms with van der Waals surface area (Å²) in [5.74, 6) is -2.32. The molecule has 32 heavy (non-hydrogen) atoms. The number of esters is 1. The van der Waals surface area contributed by atoms with E-state index in [0.29, 0.717) is 12.6 Å². The predicted molar refractivity (Wildman–Crippen MR) is 106 cm³/mol. The number of ether oxygens (including phenoxy) is 1. The fraction of sp³-hybridized carbons (Fsp3) is 0.526. The van der Waals surface area contributed by atoms with Crippen molar-refractivity contribution in [1.29, 1.82) is 0 Å². The summed E-state index contributed by atoms with van der Waals surface area (Å²) in [6.07, 6.45) is -6.07.